The van der Waals surface area contributed by atoms with E-state index in [4.69, 9.17) is 0 Å². The first-order valence-corrected chi connectivity index (χ1v) is 5.34. The summed E-state index contributed by atoms with van der Waals surface area (Å²) in [6.07, 6.45) is 0.949. The summed E-state index contributed by atoms with van der Waals surface area (Å²) in [6, 6.07) is 5.30. The molecule has 0 saturated heterocycles. The predicted molar refractivity (Wildman–Crippen MR) is 61.6 cm³/mol. The summed E-state index contributed by atoms with van der Waals surface area (Å²) in [6.45, 7) is 4.68. The van der Waals surface area contributed by atoms with Crippen LogP contribution in [-0.4, -0.2) is 26.7 Å². The Bertz CT molecular complexity index is 300. The van der Waals surface area contributed by atoms with E-state index in [2.05, 4.69) is 10.6 Å². The standard InChI is InChI=1S/C12H19FN2/c1-10-9-11(3-4-12(10)13)5-6-15-8-7-14-2/h3-4,9,14-15H,5-8H2,1-2H3. The molecule has 1 rings (SSSR count). The summed E-state index contributed by atoms with van der Waals surface area (Å²) in [4.78, 5) is 0. The van der Waals surface area contributed by atoms with Gasteiger partial charge in [-0.15, -0.1) is 0 Å². The Balaban J connectivity index is 2.28. The van der Waals surface area contributed by atoms with Crippen LogP contribution in [0.4, 0.5) is 4.39 Å². The second kappa shape index (κ2) is 6.53. The van der Waals surface area contributed by atoms with Crippen molar-refractivity contribution >= 4 is 0 Å². The Labute approximate surface area is 90.9 Å². The van der Waals surface area contributed by atoms with E-state index in [9.17, 15) is 4.39 Å². The lowest BCUT2D eigenvalue weighted by atomic mass is 10.1. The third-order valence-corrected chi connectivity index (χ3v) is 2.36. The summed E-state index contributed by atoms with van der Waals surface area (Å²) in [5.41, 5.74) is 1.91. The number of benzene rings is 1. The molecule has 2 N–H and O–H groups in total. The van der Waals surface area contributed by atoms with Crippen molar-refractivity contribution in [2.45, 2.75) is 13.3 Å². The van der Waals surface area contributed by atoms with Crippen molar-refractivity contribution in [2.75, 3.05) is 26.7 Å². The van der Waals surface area contributed by atoms with E-state index in [1.165, 1.54) is 11.6 Å². The molecular formula is C12H19FN2. The molecule has 15 heavy (non-hydrogen) atoms. The van der Waals surface area contributed by atoms with Crippen LogP contribution < -0.4 is 10.6 Å². The van der Waals surface area contributed by atoms with Gasteiger partial charge >= 0.3 is 0 Å². The van der Waals surface area contributed by atoms with Gasteiger partial charge in [0.15, 0.2) is 0 Å². The van der Waals surface area contributed by atoms with Gasteiger partial charge in [0.05, 0.1) is 0 Å². The number of hydrogen-bond acceptors (Lipinski definition) is 2. The summed E-state index contributed by atoms with van der Waals surface area (Å²) < 4.78 is 13.0. The van der Waals surface area contributed by atoms with Crippen molar-refractivity contribution < 1.29 is 4.39 Å². The summed E-state index contributed by atoms with van der Waals surface area (Å²) in [5.74, 6) is -0.123. The van der Waals surface area contributed by atoms with Crippen molar-refractivity contribution in [2.24, 2.45) is 0 Å². The quantitative estimate of drug-likeness (QED) is 0.695. The zero-order valence-electron chi connectivity index (χ0n) is 9.44. The maximum Gasteiger partial charge on any atom is 0.126 e. The van der Waals surface area contributed by atoms with E-state index in [0.717, 1.165) is 31.6 Å². The van der Waals surface area contributed by atoms with Crippen LogP contribution >= 0.6 is 0 Å². The fourth-order valence-electron chi connectivity index (χ4n) is 1.43. The Morgan fingerprint density at radius 1 is 1.20 bits per heavy atom. The van der Waals surface area contributed by atoms with Crippen molar-refractivity contribution in [1.82, 2.24) is 10.6 Å². The second-order valence-corrected chi connectivity index (χ2v) is 3.69. The van der Waals surface area contributed by atoms with Crippen LogP contribution in [0.25, 0.3) is 0 Å². The molecule has 0 radical (unpaired) electrons. The van der Waals surface area contributed by atoms with Crippen molar-refractivity contribution in [3.63, 3.8) is 0 Å². The molecular weight excluding hydrogens is 191 g/mol. The first-order valence-electron chi connectivity index (χ1n) is 5.34. The lowest BCUT2D eigenvalue weighted by Gasteiger charge is -2.05. The smallest absolute Gasteiger partial charge is 0.126 e. The van der Waals surface area contributed by atoms with E-state index >= 15 is 0 Å². The molecule has 0 bridgehead atoms. The van der Waals surface area contributed by atoms with Gasteiger partial charge in [0.25, 0.3) is 0 Å². The van der Waals surface area contributed by atoms with E-state index in [-0.39, 0.29) is 5.82 Å². The van der Waals surface area contributed by atoms with Gasteiger partial charge < -0.3 is 10.6 Å². The Kier molecular flexibility index (Phi) is 5.29. The molecule has 84 valence electrons. The largest absolute Gasteiger partial charge is 0.318 e. The van der Waals surface area contributed by atoms with Gasteiger partial charge in [-0.2, -0.15) is 0 Å². The molecule has 0 aliphatic heterocycles. The maximum atomic E-state index is 13.0. The minimum Gasteiger partial charge on any atom is -0.318 e. The molecule has 1 aromatic carbocycles. The molecule has 0 fully saturated rings. The summed E-state index contributed by atoms with van der Waals surface area (Å²) >= 11 is 0. The topological polar surface area (TPSA) is 24.1 Å². The van der Waals surface area contributed by atoms with Crippen LogP contribution in [-0.2, 0) is 6.42 Å². The molecule has 0 aliphatic rings. The number of rotatable bonds is 6. The maximum absolute atomic E-state index is 13.0. The van der Waals surface area contributed by atoms with Gasteiger partial charge in [0.2, 0.25) is 0 Å². The Hall–Kier alpha value is -0.930. The Morgan fingerprint density at radius 2 is 2.00 bits per heavy atom. The highest BCUT2D eigenvalue weighted by molar-refractivity contribution is 5.24. The van der Waals surface area contributed by atoms with Crippen LogP contribution in [0.1, 0.15) is 11.1 Å². The van der Waals surface area contributed by atoms with Crippen LogP contribution in [0.3, 0.4) is 0 Å². The molecule has 0 atom stereocenters. The number of nitrogens with one attached hydrogen (secondary N) is 2. The molecule has 0 aromatic heterocycles. The van der Waals surface area contributed by atoms with Gasteiger partial charge in [-0.3, -0.25) is 0 Å². The number of halogens is 1. The van der Waals surface area contributed by atoms with Crippen LogP contribution in [0.5, 0.6) is 0 Å². The van der Waals surface area contributed by atoms with Crippen molar-refractivity contribution in [3.05, 3.63) is 35.1 Å². The predicted octanol–water partition coefficient (Wildman–Crippen LogP) is 1.49. The van der Waals surface area contributed by atoms with Gasteiger partial charge in [0, 0.05) is 13.1 Å². The minimum atomic E-state index is -0.123. The normalized spacial score (nSPS) is 10.6. The van der Waals surface area contributed by atoms with Gasteiger partial charge in [0.1, 0.15) is 5.82 Å². The third-order valence-electron chi connectivity index (χ3n) is 2.36. The average Bonchev–Trinajstić information content (AvgIpc) is 2.23. The number of hydrogen-bond donors (Lipinski definition) is 2. The average molecular weight is 210 g/mol. The molecule has 0 aliphatic carbocycles. The van der Waals surface area contributed by atoms with Crippen LogP contribution in [0, 0.1) is 12.7 Å². The van der Waals surface area contributed by atoms with E-state index in [0.29, 0.717) is 0 Å². The first kappa shape index (κ1) is 12.1. The minimum absolute atomic E-state index is 0.123. The fourth-order valence-corrected chi connectivity index (χ4v) is 1.43. The van der Waals surface area contributed by atoms with Gasteiger partial charge in [-0.25, -0.2) is 4.39 Å². The molecule has 0 amide bonds. The zero-order valence-corrected chi connectivity index (χ0v) is 9.44. The van der Waals surface area contributed by atoms with Crippen LogP contribution in [0.15, 0.2) is 18.2 Å². The number of aryl methyl sites for hydroxylation is 1. The molecule has 3 heteroatoms. The monoisotopic (exact) mass is 210 g/mol. The molecule has 0 heterocycles. The van der Waals surface area contributed by atoms with E-state index in [1.54, 1.807) is 6.92 Å². The molecule has 1 aromatic rings. The van der Waals surface area contributed by atoms with Gasteiger partial charge in [-0.1, -0.05) is 12.1 Å². The highest BCUT2D eigenvalue weighted by Crippen LogP contribution is 2.09. The molecule has 0 spiro atoms. The molecule has 2 nitrogen and oxygen atoms in total. The third kappa shape index (κ3) is 4.40. The molecule has 0 saturated carbocycles. The summed E-state index contributed by atoms with van der Waals surface area (Å²) in [5, 5.41) is 6.38. The van der Waals surface area contributed by atoms with E-state index < -0.39 is 0 Å². The van der Waals surface area contributed by atoms with Crippen LogP contribution in [0.2, 0.25) is 0 Å². The number of likely N-dealkylation sites (N-methyl/N-ethyl adjacent to an activating group) is 1. The lowest BCUT2D eigenvalue weighted by Crippen LogP contribution is -2.26. The SMILES string of the molecule is CNCCNCCc1ccc(F)c(C)c1. The second-order valence-electron chi connectivity index (χ2n) is 3.69. The first-order chi connectivity index (χ1) is 7.24. The fraction of sp³-hybridized carbons (Fsp3) is 0.500. The van der Waals surface area contributed by atoms with Crippen molar-refractivity contribution in [3.8, 4) is 0 Å². The molecule has 0 unspecified atom stereocenters. The zero-order chi connectivity index (χ0) is 11.1. The van der Waals surface area contributed by atoms with Crippen molar-refractivity contribution in [1.29, 1.82) is 0 Å². The highest BCUT2D eigenvalue weighted by Gasteiger charge is 1.98. The lowest BCUT2D eigenvalue weighted by molar-refractivity contribution is 0.615. The van der Waals surface area contributed by atoms with E-state index in [1.807, 2.05) is 19.2 Å². The highest BCUT2D eigenvalue weighted by atomic mass is 19.1. The summed E-state index contributed by atoms with van der Waals surface area (Å²) in [7, 11) is 1.94. The van der Waals surface area contributed by atoms with Gasteiger partial charge in [-0.05, 0) is 44.1 Å². The Morgan fingerprint density at radius 3 is 2.67 bits per heavy atom.